The number of ether oxygens (including phenoxy) is 1. The molecule has 0 spiro atoms. The van der Waals surface area contributed by atoms with E-state index in [1.54, 1.807) is 11.8 Å². The molecule has 1 aromatic heterocycles. The number of carbonyl (C=O) groups is 1. The first-order valence-corrected chi connectivity index (χ1v) is 8.25. The number of benzene rings is 1. The van der Waals surface area contributed by atoms with Gasteiger partial charge in [-0.2, -0.15) is 5.10 Å². The number of rotatable bonds is 5. The number of likely N-dealkylation sites (tertiary alicyclic amines) is 1. The number of aryl methyl sites for hydroxylation is 2. The third kappa shape index (κ3) is 3.59. The van der Waals surface area contributed by atoms with Gasteiger partial charge in [-0.15, -0.1) is 0 Å². The molecular formula is C18H24N4O2. The van der Waals surface area contributed by atoms with Crippen molar-refractivity contribution in [1.82, 2.24) is 14.7 Å². The van der Waals surface area contributed by atoms with Crippen molar-refractivity contribution >= 4 is 11.7 Å². The van der Waals surface area contributed by atoms with Crippen molar-refractivity contribution in [3.63, 3.8) is 0 Å². The van der Waals surface area contributed by atoms with Crippen LogP contribution in [0.25, 0.3) is 0 Å². The molecule has 1 amide bonds. The Hall–Kier alpha value is -2.34. The number of hydrogen-bond acceptors (Lipinski definition) is 4. The first-order valence-electron chi connectivity index (χ1n) is 8.25. The predicted octanol–water partition coefficient (Wildman–Crippen LogP) is 2.51. The number of nitrogens with zero attached hydrogens (tertiary/aromatic N) is 3. The van der Waals surface area contributed by atoms with Crippen LogP contribution in [0.1, 0.15) is 30.1 Å². The fourth-order valence-electron chi connectivity index (χ4n) is 3.34. The summed E-state index contributed by atoms with van der Waals surface area (Å²) in [4.78, 5) is 14.6. The molecule has 0 saturated carbocycles. The highest BCUT2D eigenvalue weighted by Crippen LogP contribution is 2.33. The molecule has 2 heterocycles. The van der Waals surface area contributed by atoms with E-state index in [1.807, 2.05) is 32.2 Å². The van der Waals surface area contributed by atoms with Gasteiger partial charge in [-0.05, 0) is 44.0 Å². The number of nitrogens with one attached hydrogen (secondary N) is 1. The minimum Gasteiger partial charge on any atom is -0.497 e. The van der Waals surface area contributed by atoms with Crippen molar-refractivity contribution < 1.29 is 9.53 Å². The summed E-state index contributed by atoms with van der Waals surface area (Å²) in [5, 5.41) is 7.20. The van der Waals surface area contributed by atoms with Gasteiger partial charge < -0.3 is 10.1 Å². The maximum absolute atomic E-state index is 12.4. The van der Waals surface area contributed by atoms with Crippen LogP contribution in [0.15, 0.2) is 30.3 Å². The monoisotopic (exact) mass is 328 g/mol. The second-order valence-electron chi connectivity index (χ2n) is 6.25. The summed E-state index contributed by atoms with van der Waals surface area (Å²) < 4.78 is 7.01. The van der Waals surface area contributed by atoms with E-state index in [0.29, 0.717) is 6.54 Å². The Morgan fingerprint density at radius 2 is 2.25 bits per heavy atom. The van der Waals surface area contributed by atoms with Gasteiger partial charge in [0, 0.05) is 19.2 Å². The molecule has 0 unspecified atom stereocenters. The van der Waals surface area contributed by atoms with E-state index in [2.05, 4.69) is 27.4 Å². The van der Waals surface area contributed by atoms with Crippen LogP contribution in [0.2, 0.25) is 0 Å². The average molecular weight is 328 g/mol. The Labute approximate surface area is 142 Å². The number of hydrogen-bond donors (Lipinski definition) is 1. The Bertz CT molecular complexity index is 726. The highest BCUT2D eigenvalue weighted by Gasteiger charge is 2.28. The number of anilines is 1. The normalized spacial score (nSPS) is 17.9. The van der Waals surface area contributed by atoms with Crippen molar-refractivity contribution in [1.29, 1.82) is 0 Å². The van der Waals surface area contributed by atoms with E-state index >= 15 is 0 Å². The molecule has 1 saturated heterocycles. The van der Waals surface area contributed by atoms with Gasteiger partial charge in [0.05, 0.1) is 19.3 Å². The lowest BCUT2D eigenvalue weighted by Crippen LogP contribution is -2.33. The second-order valence-corrected chi connectivity index (χ2v) is 6.25. The van der Waals surface area contributed by atoms with E-state index in [0.717, 1.165) is 36.6 Å². The van der Waals surface area contributed by atoms with Crippen LogP contribution >= 0.6 is 0 Å². The van der Waals surface area contributed by atoms with Crippen LogP contribution in [0.4, 0.5) is 5.82 Å². The maximum atomic E-state index is 12.4. The summed E-state index contributed by atoms with van der Waals surface area (Å²) in [6, 6.07) is 10.3. The summed E-state index contributed by atoms with van der Waals surface area (Å²) in [5.41, 5.74) is 2.10. The van der Waals surface area contributed by atoms with Crippen LogP contribution in [0.3, 0.4) is 0 Å². The zero-order chi connectivity index (χ0) is 17.1. The molecule has 6 nitrogen and oxygen atoms in total. The fraction of sp³-hybridized carbons (Fsp3) is 0.444. The van der Waals surface area contributed by atoms with Crippen LogP contribution in [0, 0.1) is 6.92 Å². The van der Waals surface area contributed by atoms with Crippen molar-refractivity contribution in [2.45, 2.75) is 25.8 Å². The van der Waals surface area contributed by atoms with Gasteiger partial charge >= 0.3 is 0 Å². The number of carbonyl (C=O) groups excluding carboxylic acids is 1. The number of methoxy groups -OCH3 is 1. The zero-order valence-electron chi connectivity index (χ0n) is 14.5. The smallest absolute Gasteiger partial charge is 0.239 e. The van der Waals surface area contributed by atoms with Crippen molar-refractivity contribution in [2.75, 3.05) is 25.5 Å². The van der Waals surface area contributed by atoms with Gasteiger partial charge in [-0.3, -0.25) is 14.4 Å². The first-order chi connectivity index (χ1) is 11.6. The standard InChI is InChI=1S/C18H24N4O2/c1-13-10-17(21(2)20-13)19-18(23)12-22-9-5-8-16(22)14-6-4-7-15(11-14)24-3/h4,6-7,10-11,16H,5,8-9,12H2,1-3H3,(H,19,23)/t16-/m1/s1. The molecule has 3 rings (SSSR count). The third-order valence-electron chi connectivity index (χ3n) is 4.46. The highest BCUT2D eigenvalue weighted by atomic mass is 16.5. The molecule has 1 aromatic carbocycles. The van der Waals surface area contributed by atoms with Crippen molar-refractivity contribution in [3.05, 3.63) is 41.6 Å². The Morgan fingerprint density at radius 3 is 2.96 bits per heavy atom. The molecule has 1 fully saturated rings. The predicted molar refractivity (Wildman–Crippen MR) is 93.1 cm³/mol. The maximum Gasteiger partial charge on any atom is 0.239 e. The number of amides is 1. The van der Waals surface area contributed by atoms with Crippen LogP contribution in [0.5, 0.6) is 5.75 Å². The average Bonchev–Trinajstić information content (AvgIpc) is 3.14. The highest BCUT2D eigenvalue weighted by molar-refractivity contribution is 5.91. The Balaban J connectivity index is 1.67. The van der Waals surface area contributed by atoms with Gasteiger partial charge in [0.2, 0.25) is 5.91 Å². The quantitative estimate of drug-likeness (QED) is 0.916. The van der Waals surface area contributed by atoms with Crippen LogP contribution in [-0.2, 0) is 11.8 Å². The SMILES string of the molecule is COc1cccc([C@H]2CCCN2CC(=O)Nc2cc(C)nn2C)c1. The second kappa shape index (κ2) is 7.05. The molecule has 1 N–H and O–H groups in total. The molecule has 2 aromatic rings. The molecule has 0 radical (unpaired) electrons. The molecule has 6 heteroatoms. The summed E-state index contributed by atoms with van der Waals surface area (Å²) in [6.45, 7) is 3.22. The molecule has 24 heavy (non-hydrogen) atoms. The third-order valence-corrected chi connectivity index (χ3v) is 4.46. The van der Waals surface area contributed by atoms with Crippen LogP contribution in [-0.4, -0.2) is 40.8 Å². The van der Waals surface area contributed by atoms with Crippen molar-refractivity contribution in [2.24, 2.45) is 7.05 Å². The summed E-state index contributed by atoms with van der Waals surface area (Å²) in [6.07, 6.45) is 2.16. The van der Waals surface area contributed by atoms with Crippen LogP contribution < -0.4 is 10.1 Å². The lowest BCUT2D eigenvalue weighted by Gasteiger charge is -2.24. The first kappa shape index (κ1) is 16.5. The molecule has 128 valence electrons. The molecule has 1 atom stereocenters. The summed E-state index contributed by atoms with van der Waals surface area (Å²) in [7, 11) is 3.51. The molecule has 1 aliphatic rings. The largest absolute Gasteiger partial charge is 0.497 e. The summed E-state index contributed by atoms with van der Waals surface area (Å²) >= 11 is 0. The molecule has 0 bridgehead atoms. The topological polar surface area (TPSA) is 59.4 Å². The van der Waals surface area contributed by atoms with E-state index in [-0.39, 0.29) is 11.9 Å². The lowest BCUT2D eigenvalue weighted by molar-refractivity contribution is -0.117. The zero-order valence-corrected chi connectivity index (χ0v) is 14.5. The summed E-state index contributed by atoms with van der Waals surface area (Å²) in [5.74, 6) is 1.58. The van der Waals surface area contributed by atoms with Crippen molar-refractivity contribution in [3.8, 4) is 5.75 Å². The van der Waals surface area contributed by atoms with Gasteiger partial charge in [-0.1, -0.05) is 12.1 Å². The van der Waals surface area contributed by atoms with E-state index in [1.165, 1.54) is 5.56 Å². The molecule has 1 aliphatic heterocycles. The Morgan fingerprint density at radius 1 is 1.42 bits per heavy atom. The lowest BCUT2D eigenvalue weighted by atomic mass is 10.0. The van der Waals surface area contributed by atoms with Gasteiger partial charge in [0.15, 0.2) is 0 Å². The van der Waals surface area contributed by atoms with E-state index in [9.17, 15) is 4.79 Å². The van der Waals surface area contributed by atoms with Gasteiger partial charge in [-0.25, -0.2) is 0 Å². The van der Waals surface area contributed by atoms with E-state index in [4.69, 9.17) is 4.74 Å². The van der Waals surface area contributed by atoms with Gasteiger partial charge in [0.25, 0.3) is 0 Å². The van der Waals surface area contributed by atoms with Gasteiger partial charge in [0.1, 0.15) is 11.6 Å². The van der Waals surface area contributed by atoms with E-state index < -0.39 is 0 Å². The number of aromatic nitrogens is 2. The molecular weight excluding hydrogens is 304 g/mol. The minimum absolute atomic E-state index is 0.00667. The molecule has 0 aliphatic carbocycles. The Kier molecular flexibility index (Phi) is 4.85. The fourth-order valence-corrected chi connectivity index (χ4v) is 3.34. The minimum atomic E-state index is -0.00667.